The van der Waals surface area contributed by atoms with Crippen molar-refractivity contribution in [2.75, 3.05) is 30.0 Å². The van der Waals surface area contributed by atoms with Crippen LogP contribution in [0, 0.1) is 11.6 Å². The van der Waals surface area contributed by atoms with E-state index < -0.39 is 21.7 Å². The second-order valence-electron chi connectivity index (χ2n) is 6.11. The van der Waals surface area contributed by atoms with Crippen molar-refractivity contribution in [1.29, 1.82) is 0 Å². The van der Waals surface area contributed by atoms with E-state index >= 15 is 0 Å². The molecule has 1 amide bonds. The Bertz CT molecular complexity index is 1060. The molecule has 7 nitrogen and oxygen atoms in total. The largest absolute Gasteiger partial charge is 0.353 e. The molecule has 2 aromatic rings. The van der Waals surface area contributed by atoms with Crippen LogP contribution >= 0.6 is 11.6 Å². The molecular weight excluding hydrogens is 402 g/mol. The molecule has 0 aliphatic carbocycles. The van der Waals surface area contributed by atoms with Crippen LogP contribution < -0.4 is 9.62 Å². The lowest BCUT2D eigenvalue weighted by Gasteiger charge is -2.22. The van der Waals surface area contributed by atoms with Crippen LogP contribution in [0.2, 0.25) is 5.15 Å². The Morgan fingerprint density at radius 3 is 2.48 bits per heavy atom. The molecule has 1 aliphatic heterocycles. The lowest BCUT2D eigenvalue weighted by atomic mass is 10.1. The van der Waals surface area contributed by atoms with Gasteiger partial charge in [-0.1, -0.05) is 11.6 Å². The van der Waals surface area contributed by atoms with E-state index in [1.165, 1.54) is 18.0 Å². The number of fused-ring (bicyclic) bond motifs is 1. The second-order valence-corrected chi connectivity index (χ2v) is 8.52. The third-order valence-corrected chi connectivity index (χ3v) is 5.54. The summed E-state index contributed by atoms with van der Waals surface area (Å²) in [7, 11) is -0.959. The van der Waals surface area contributed by atoms with Gasteiger partial charge in [0.1, 0.15) is 5.15 Å². The Balaban J connectivity index is 2.15. The Morgan fingerprint density at radius 1 is 1.22 bits per heavy atom. The Hall–Kier alpha value is -2.46. The van der Waals surface area contributed by atoms with Gasteiger partial charge in [-0.15, -0.1) is 0 Å². The predicted molar refractivity (Wildman–Crippen MR) is 97.9 cm³/mol. The summed E-state index contributed by atoms with van der Waals surface area (Å²) in [6.07, 6.45) is 0.928. The maximum absolute atomic E-state index is 13.8. The summed E-state index contributed by atoms with van der Waals surface area (Å²) in [4.78, 5) is 17.9. The zero-order valence-corrected chi connectivity index (χ0v) is 16.1. The van der Waals surface area contributed by atoms with Crippen LogP contribution in [0.4, 0.5) is 25.8 Å². The SMILES string of the molecule is CN1Cc2nc(Cl)cc(Nc3cc(F)c(F)cc3N(C)S(C)(=O)=O)c2C1=O. The van der Waals surface area contributed by atoms with Crippen LogP contribution in [0.1, 0.15) is 16.1 Å². The minimum Gasteiger partial charge on any atom is -0.353 e. The highest BCUT2D eigenvalue weighted by Crippen LogP contribution is 2.36. The van der Waals surface area contributed by atoms with Crippen molar-refractivity contribution in [3.8, 4) is 0 Å². The third kappa shape index (κ3) is 3.54. The Kier molecular flexibility index (Phi) is 4.73. The average molecular weight is 417 g/mol. The molecule has 3 rings (SSSR count). The number of amides is 1. The van der Waals surface area contributed by atoms with Crippen molar-refractivity contribution in [3.63, 3.8) is 0 Å². The molecule has 11 heteroatoms. The quantitative estimate of drug-likeness (QED) is 0.775. The van der Waals surface area contributed by atoms with Crippen molar-refractivity contribution < 1.29 is 22.0 Å². The summed E-state index contributed by atoms with van der Waals surface area (Å²) in [5.41, 5.74) is 0.705. The standard InChI is InChI=1S/C16H15ClF2N4O3S/c1-22-7-12-15(16(22)24)11(6-14(17)21-12)20-10-4-8(18)9(19)5-13(10)23(2)27(3,25)26/h4-6H,7H2,1-3H3,(H,20,21). The first-order chi connectivity index (χ1) is 12.5. The topological polar surface area (TPSA) is 82.6 Å². The molecule has 0 spiro atoms. The fourth-order valence-corrected chi connectivity index (χ4v) is 3.44. The first-order valence-electron chi connectivity index (χ1n) is 7.64. The fraction of sp³-hybridized carbons (Fsp3) is 0.250. The summed E-state index contributed by atoms with van der Waals surface area (Å²) in [6.45, 7) is 0.247. The number of carbonyl (C=O) groups excluding carboxylic acids is 1. The van der Waals surface area contributed by atoms with Crippen molar-refractivity contribution in [3.05, 3.63) is 46.2 Å². The molecule has 0 saturated carbocycles. The Morgan fingerprint density at radius 2 is 1.85 bits per heavy atom. The lowest BCUT2D eigenvalue weighted by molar-refractivity contribution is 0.0817. The molecule has 0 radical (unpaired) electrons. The van der Waals surface area contributed by atoms with E-state index in [2.05, 4.69) is 10.3 Å². The maximum Gasteiger partial charge on any atom is 0.257 e. The van der Waals surface area contributed by atoms with Gasteiger partial charge in [0, 0.05) is 26.2 Å². The van der Waals surface area contributed by atoms with Gasteiger partial charge in [0.15, 0.2) is 11.6 Å². The monoisotopic (exact) mass is 416 g/mol. The second kappa shape index (κ2) is 6.61. The maximum atomic E-state index is 13.8. The molecule has 27 heavy (non-hydrogen) atoms. The number of rotatable bonds is 4. The normalized spacial score (nSPS) is 13.7. The molecular formula is C16H15ClF2N4O3S. The number of hydrogen-bond donors (Lipinski definition) is 1. The summed E-state index contributed by atoms with van der Waals surface area (Å²) in [5, 5.41) is 2.90. The fourth-order valence-electron chi connectivity index (χ4n) is 2.72. The molecule has 0 saturated heterocycles. The molecule has 0 unspecified atom stereocenters. The van der Waals surface area contributed by atoms with E-state index in [1.54, 1.807) is 7.05 Å². The number of benzene rings is 1. The summed E-state index contributed by atoms with van der Waals surface area (Å²) >= 11 is 6.00. The molecule has 0 bridgehead atoms. The average Bonchev–Trinajstić information content (AvgIpc) is 2.83. The smallest absolute Gasteiger partial charge is 0.257 e. The van der Waals surface area contributed by atoms with Crippen LogP contribution in [0.5, 0.6) is 0 Å². The molecule has 1 aromatic carbocycles. The number of anilines is 3. The van der Waals surface area contributed by atoms with Gasteiger partial charge in [0.05, 0.1) is 41.1 Å². The van der Waals surface area contributed by atoms with E-state index in [-0.39, 0.29) is 40.2 Å². The summed E-state index contributed by atoms with van der Waals surface area (Å²) < 4.78 is 52.1. The minimum atomic E-state index is -3.75. The first-order valence-corrected chi connectivity index (χ1v) is 9.86. The molecule has 2 heterocycles. The number of sulfonamides is 1. The van der Waals surface area contributed by atoms with Crippen LogP contribution in [-0.2, 0) is 16.6 Å². The molecule has 1 aliphatic rings. The molecule has 0 atom stereocenters. The number of halogens is 3. The van der Waals surface area contributed by atoms with Gasteiger partial charge < -0.3 is 10.2 Å². The highest BCUT2D eigenvalue weighted by atomic mass is 35.5. The summed E-state index contributed by atoms with van der Waals surface area (Å²) in [5.74, 6) is -2.71. The molecule has 1 aromatic heterocycles. The van der Waals surface area contributed by atoms with E-state index in [9.17, 15) is 22.0 Å². The van der Waals surface area contributed by atoms with Crippen molar-refractivity contribution in [2.45, 2.75) is 6.54 Å². The minimum absolute atomic E-state index is 0.0476. The van der Waals surface area contributed by atoms with E-state index in [1.807, 2.05) is 0 Å². The van der Waals surface area contributed by atoms with Gasteiger partial charge in [-0.2, -0.15) is 0 Å². The van der Waals surface area contributed by atoms with Gasteiger partial charge in [-0.25, -0.2) is 22.2 Å². The van der Waals surface area contributed by atoms with Crippen molar-refractivity contribution in [2.24, 2.45) is 0 Å². The van der Waals surface area contributed by atoms with Gasteiger partial charge in [0.2, 0.25) is 10.0 Å². The number of hydrogen-bond acceptors (Lipinski definition) is 5. The van der Waals surface area contributed by atoms with Gasteiger partial charge in [-0.3, -0.25) is 9.10 Å². The van der Waals surface area contributed by atoms with Gasteiger partial charge in [0.25, 0.3) is 5.91 Å². The third-order valence-electron chi connectivity index (χ3n) is 4.16. The van der Waals surface area contributed by atoms with Crippen molar-refractivity contribution >= 4 is 44.6 Å². The van der Waals surface area contributed by atoms with Crippen LogP contribution in [-0.4, -0.2) is 44.6 Å². The number of nitrogens with one attached hydrogen (secondary N) is 1. The first kappa shape index (κ1) is 19.3. The number of aromatic nitrogens is 1. The van der Waals surface area contributed by atoms with Gasteiger partial charge in [-0.05, 0) is 6.07 Å². The van der Waals surface area contributed by atoms with Crippen LogP contribution in [0.25, 0.3) is 0 Å². The van der Waals surface area contributed by atoms with E-state index in [0.29, 0.717) is 5.69 Å². The number of pyridine rings is 1. The highest BCUT2D eigenvalue weighted by Gasteiger charge is 2.30. The predicted octanol–water partition coefficient (Wildman–Crippen LogP) is 2.74. The molecule has 144 valence electrons. The lowest BCUT2D eigenvalue weighted by Crippen LogP contribution is -2.26. The van der Waals surface area contributed by atoms with Crippen molar-refractivity contribution in [1.82, 2.24) is 9.88 Å². The molecule has 1 N–H and O–H groups in total. The van der Waals surface area contributed by atoms with Crippen LogP contribution in [0.3, 0.4) is 0 Å². The highest BCUT2D eigenvalue weighted by molar-refractivity contribution is 7.92. The van der Waals surface area contributed by atoms with E-state index in [4.69, 9.17) is 11.6 Å². The zero-order valence-electron chi connectivity index (χ0n) is 14.5. The van der Waals surface area contributed by atoms with E-state index in [0.717, 1.165) is 22.7 Å². The number of carbonyl (C=O) groups is 1. The zero-order chi connectivity index (χ0) is 20.1. The number of nitrogens with zero attached hydrogens (tertiary/aromatic N) is 3. The van der Waals surface area contributed by atoms with Crippen LogP contribution in [0.15, 0.2) is 18.2 Å². The Labute approximate surface area is 159 Å². The van der Waals surface area contributed by atoms with Gasteiger partial charge >= 0.3 is 0 Å². The molecule has 0 fully saturated rings. The summed E-state index contributed by atoms with van der Waals surface area (Å²) in [6, 6.07) is 2.94.